The quantitative estimate of drug-likeness (QED) is 0.472. The molecule has 4 aromatic rings. The summed E-state index contributed by atoms with van der Waals surface area (Å²) in [6, 6.07) is 18.4. The van der Waals surface area contributed by atoms with Crippen LogP contribution in [-0.2, 0) is 11.2 Å². The van der Waals surface area contributed by atoms with Crippen LogP contribution < -0.4 is 11.1 Å². The maximum atomic E-state index is 12.4. The number of nitrogens with two attached hydrogens (primary N) is 1. The normalized spacial score (nSPS) is 12.1. The van der Waals surface area contributed by atoms with Crippen LogP contribution in [0.2, 0.25) is 5.02 Å². The fourth-order valence-corrected chi connectivity index (χ4v) is 3.40. The number of anilines is 1. The average Bonchev–Trinajstić information content (AvgIpc) is 3.17. The number of pyridine rings is 1. The Morgan fingerprint density at radius 2 is 1.96 bits per heavy atom. The van der Waals surface area contributed by atoms with E-state index in [2.05, 4.69) is 15.3 Å². The molecule has 6 heteroatoms. The van der Waals surface area contributed by atoms with Crippen LogP contribution >= 0.6 is 11.6 Å². The number of amides is 1. The van der Waals surface area contributed by atoms with Gasteiger partial charge < -0.3 is 16.0 Å². The number of carbonyl (C=O) groups excluding carboxylic acids is 1. The summed E-state index contributed by atoms with van der Waals surface area (Å²) >= 11 is 5.98. The van der Waals surface area contributed by atoms with Crippen LogP contribution in [0, 0.1) is 0 Å². The minimum absolute atomic E-state index is 0.232. The van der Waals surface area contributed by atoms with Crippen LogP contribution in [0.5, 0.6) is 0 Å². The molecule has 0 saturated heterocycles. The lowest BCUT2D eigenvalue weighted by Crippen LogP contribution is -2.37. The second-order valence-electron chi connectivity index (χ2n) is 6.61. The summed E-state index contributed by atoms with van der Waals surface area (Å²) < 4.78 is 0. The molecule has 0 radical (unpaired) electrons. The van der Waals surface area contributed by atoms with Crippen LogP contribution in [0.15, 0.2) is 73.1 Å². The number of aromatic amines is 1. The Morgan fingerprint density at radius 1 is 1.14 bits per heavy atom. The number of carbonyl (C=O) groups is 1. The smallest absolute Gasteiger partial charge is 0.241 e. The zero-order chi connectivity index (χ0) is 19.5. The van der Waals surface area contributed by atoms with Gasteiger partial charge in [-0.2, -0.15) is 0 Å². The summed E-state index contributed by atoms with van der Waals surface area (Å²) in [5.41, 5.74) is 10.7. The zero-order valence-electron chi connectivity index (χ0n) is 15.0. The number of halogens is 1. The van der Waals surface area contributed by atoms with Gasteiger partial charge in [-0.25, -0.2) is 4.98 Å². The summed E-state index contributed by atoms with van der Waals surface area (Å²) in [7, 11) is 0. The van der Waals surface area contributed by atoms with Crippen molar-refractivity contribution in [2.75, 3.05) is 5.32 Å². The Hall–Kier alpha value is -3.15. The first-order chi connectivity index (χ1) is 13.6. The Bertz CT molecular complexity index is 1120. The molecule has 1 atom stereocenters. The van der Waals surface area contributed by atoms with Crippen molar-refractivity contribution in [3.8, 4) is 11.1 Å². The first-order valence-electron chi connectivity index (χ1n) is 8.93. The minimum atomic E-state index is -0.655. The number of hydrogen-bond acceptors (Lipinski definition) is 3. The van der Waals surface area contributed by atoms with Crippen molar-refractivity contribution in [1.29, 1.82) is 0 Å². The van der Waals surface area contributed by atoms with Gasteiger partial charge in [0.1, 0.15) is 5.65 Å². The monoisotopic (exact) mass is 390 g/mol. The first-order valence-corrected chi connectivity index (χ1v) is 9.31. The van der Waals surface area contributed by atoms with Gasteiger partial charge in [-0.1, -0.05) is 35.9 Å². The molecule has 4 rings (SSSR count). The van der Waals surface area contributed by atoms with Crippen LogP contribution in [0.4, 0.5) is 5.69 Å². The molecule has 0 saturated carbocycles. The number of nitrogens with zero attached hydrogens (tertiary/aromatic N) is 1. The third kappa shape index (κ3) is 3.91. The molecule has 2 heterocycles. The molecule has 0 spiro atoms. The van der Waals surface area contributed by atoms with Crippen LogP contribution in [0.1, 0.15) is 5.56 Å². The van der Waals surface area contributed by atoms with Crippen molar-refractivity contribution >= 4 is 34.2 Å². The van der Waals surface area contributed by atoms with Crippen molar-refractivity contribution in [3.63, 3.8) is 0 Å². The van der Waals surface area contributed by atoms with Gasteiger partial charge in [0.25, 0.3) is 0 Å². The van der Waals surface area contributed by atoms with E-state index < -0.39 is 6.04 Å². The molecule has 0 aliphatic carbocycles. The number of nitrogens with one attached hydrogen (secondary N) is 2. The van der Waals surface area contributed by atoms with Crippen molar-refractivity contribution < 1.29 is 4.79 Å². The maximum Gasteiger partial charge on any atom is 0.241 e. The van der Waals surface area contributed by atoms with E-state index in [-0.39, 0.29) is 5.91 Å². The summed E-state index contributed by atoms with van der Waals surface area (Å²) in [5.74, 6) is -0.232. The fourth-order valence-electron chi connectivity index (χ4n) is 3.19. The SMILES string of the molecule is NC(Cc1cccc(Cl)c1)C(=O)Nc1ccc(-c2ccnc3[nH]ccc23)cc1. The van der Waals surface area contributed by atoms with E-state index in [0.717, 1.165) is 27.7 Å². The van der Waals surface area contributed by atoms with Crippen molar-refractivity contribution in [2.24, 2.45) is 5.73 Å². The Kier molecular flexibility index (Phi) is 5.10. The molecule has 4 N–H and O–H groups in total. The number of aromatic nitrogens is 2. The average molecular weight is 391 g/mol. The first kappa shape index (κ1) is 18.2. The van der Waals surface area contributed by atoms with Gasteiger partial charge in [0.15, 0.2) is 0 Å². The number of rotatable bonds is 5. The van der Waals surface area contributed by atoms with E-state index in [0.29, 0.717) is 17.1 Å². The van der Waals surface area contributed by atoms with Crippen LogP contribution in [0.3, 0.4) is 0 Å². The lowest BCUT2D eigenvalue weighted by atomic mass is 10.0. The molecule has 5 nitrogen and oxygen atoms in total. The topological polar surface area (TPSA) is 83.8 Å². The van der Waals surface area contributed by atoms with E-state index in [1.54, 1.807) is 12.3 Å². The summed E-state index contributed by atoms with van der Waals surface area (Å²) in [4.78, 5) is 19.8. The Balaban J connectivity index is 1.45. The van der Waals surface area contributed by atoms with Gasteiger partial charge in [0.2, 0.25) is 5.91 Å². The van der Waals surface area contributed by atoms with Gasteiger partial charge in [-0.05, 0) is 59.5 Å². The Labute approximate surface area is 167 Å². The van der Waals surface area contributed by atoms with Crippen LogP contribution in [-0.4, -0.2) is 21.9 Å². The fraction of sp³-hybridized carbons (Fsp3) is 0.0909. The largest absolute Gasteiger partial charge is 0.346 e. The van der Waals surface area contributed by atoms with Gasteiger partial charge in [-0.15, -0.1) is 0 Å². The third-order valence-corrected chi connectivity index (χ3v) is 4.84. The second kappa shape index (κ2) is 7.84. The second-order valence-corrected chi connectivity index (χ2v) is 7.04. The molecule has 0 fully saturated rings. The molecule has 0 aliphatic rings. The van der Waals surface area contributed by atoms with Crippen molar-refractivity contribution in [1.82, 2.24) is 9.97 Å². The third-order valence-electron chi connectivity index (χ3n) is 4.61. The minimum Gasteiger partial charge on any atom is -0.346 e. The highest BCUT2D eigenvalue weighted by molar-refractivity contribution is 6.30. The predicted octanol–water partition coefficient (Wildman–Crippen LogP) is 4.39. The van der Waals surface area contributed by atoms with Crippen LogP contribution in [0.25, 0.3) is 22.2 Å². The Morgan fingerprint density at radius 3 is 2.75 bits per heavy atom. The molecule has 2 aromatic heterocycles. The predicted molar refractivity (Wildman–Crippen MR) is 113 cm³/mol. The molecule has 0 bridgehead atoms. The molecule has 140 valence electrons. The molecular weight excluding hydrogens is 372 g/mol. The summed E-state index contributed by atoms with van der Waals surface area (Å²) in [6.07, 6.45) is 4.07. The standard InChI is InChI=1S/C22H19ClN4O/c23-16-3-1-2-14(12-16)13-20(24)22(28)27-17-6-4-15(5-7-17)18-8-10-25-21-19(18)9-11-26-21/h1-12,20H,13,24H2,(H,25,26)(H,27,28). The highest BCUT2D eigenvalue weighted by atomic mass is 35.5. The molecular formula is C22H19ClN4O. The van der Waals surface area contributed by atoms with Gasteiger partial charge in [0.05, 0.1) is 6.04 Å². The molecule has 2 aromatic carbocycles. The molecule has 0 aliphatic heterocycles. The highest BCUT2D eigenvalue weighted by Crippen LogP contribution is 2.27. The number of benzene rings is 2. The number of fused-ring (bicyclic) bond motifs is 1. The molecule has 1 amide bonds. The van der Waals surface area contributed by atoms with E-state index in [9.17, 15) is 4.79 Å². The van der Waals surface area contributed by atoms with Gasteiger partial charge in [-0.3, -0.25) is 4.79 Å². The van der Waals surface area contributed by atoms with Gasteiger partial charge in [0, 0.05) is 28.5 Å². The van der Waals surface area contributed by atoms with Gasteiger partial charge >= 0.3 is 0 Å². The van der Waals surface area contributed by atoms with Crippen molar-refractivity contribution in [2.45, 2.75) is 12.5 Å². The summed E-state index contributed by atoms with van der Waals surface area (Å²) in [6.45, 7) is 0. The zero-order valence-corrected chi connectivity index (χ0v) is 15.8. The summed E-state index contributed by atoms with van der Waals surface area (Å²) in [5, 5.41) is 4.56. The lowest BCUT2D eigenvalue weighted by Gasteiger charge is -2.13. The van der Waals surface area contributed by atoms with E-state index >= 15 is 0 Å². The maximum absolute atomic E-state index is 12.4. The van der Waals surface area contributed by atoms with E-state index in [4.69, 9.17) is 17.3 Å². The number of hydrogen-bond donors (Lipinski definition) is 3. The number of H-pyrrole nitrogens is 1. The van der Waals surface area contributed by atoms with E-state index in [1.165, 1.54) is 0 Å². The molecule has 28 heavy (non-hydrogen) atoms. The van der Waals surface area contributed by atoms with Crippen molar-refractivity contribution in [3.05, 3.63) is 83.6 Å². The lowest BCUT2D eigenvalue weighted by molar-refractivity contribution is -0.117. The highest BCUT2D eigenvalue weighted by Gasteiger charge is 2.15. The van der Waals surface area contributed by atoms with E-state index in [1.807, 2.05) is 60.8 Å². The molecule has 1 unspecified atom stereocenters.